The molecule has 3 aromatic rings. The highest BCUT2D eigenvalue weighted by atomic mass is 35.5. The summed E-state index contributed by atoms with van der Waals surface area (Å²) in [4.78, 5) is 26.6. The molecule has 4 rings (SSSR count). The first-order chi connectivity index (χ1) is 16.5. The maximum atomic E-state index is 12.6. The van der Waals surface area contributed by atoms with Crippen molar-refractivity contribution in [2.45, 2.75) is 6.18 Å². The summed E-state index contributed by atoms with van der Waals surface area (Å²) in [5.41, 5.74) is 1.57. The number of furan rings is 1. The summed E-state index contributed by atoms with van der Waals surface area (Å²) in [6.45, 7) is 0.225. The van der Waals surface area contributed by atoms with E-state index in [0.717, 1.165) is 4.90 Å². The molecule has 35 heavy (non-hydrogen) atoms. The molecule has 1 aliphatic rings. The van der Waals surface area contributed by atoms with E-state index in [-0.39, 0.29) is 31.9 Å². The second kappa shape index (κ2) is 10.0. The maximum absolute atomic E-state index is 12.6. The molecule has 1 aromatic heterocycles. The summed E-state index contributed by atoms with van der Waals surface area (Å²) < 4.78 is 43.5. The van der Waals surface area contributed by atoms with Crippen molar-refractivity contribution in [1.29, 1.82) is 0 Å². The van der Waals surface area contributed by atoms with E-state index in [0.29, 0.717) is 37.8 Å². The van der Waals surface area contributed by atoms with Crippen molar-refractivity contribution in [3.63, 3.8) is 0 Å². The molecule has 0 radical (unpaired) electrons. The smallest absolute Gasteiger partial charge is 0.451 e. The lowest BCUT2D eigenvalue weighted by Crippen LogP contribution is -2.52. The first-order valence-electron chi connectivity index (χ1n) is 10.3. The fourth-order valence-electron chi connectivity index (χ4n) is 3.66. The van der Waals surface area contributed by atoms with Crippen LogP contribution >= 0.6 is 34.8 Å². The maximum Gasteiger partial charge on any atom is 0.471 e. The Morgan fingerprint density at radius 2 is 1.60 bits per heavy atom. The molecule has 1 saturated heterocycles. The van der Waals surface area contributed by atoms with E-state index in [1.165, 1.54) is 12.1 Å². The summed E-state index contributed by atoms with van der Waals surface area (Å²) in [5, 5.41) is 3.84. The van der Waals surface area contributed by atoms with Crippen LogP contribution in [0.2, 0.25) is 15.1 Å². The number of amides is 2. The van der Waals surface area contributed by atoms with E-state index < -0.39 is 18.0 Å². The number of anilines is 2. The molecule has 0 aliphatic carbocycles. The van der Waals surface area contributed by atoms with Gasteiger partial charge in [0, 0.05) is 42.5 Å². The summed E-state index contributed by atoms with van der Waals surface area (Å²) in [5.74, 6) is -1.91. The number of piperazine rings is 1. The van der Waals surface area contributed by atoms with Gasteiger partial charge in [0.2, 0.25) is 0 Å². The van der Waals surface area contributed by atoms with Crippen molar-refractivity contribution < 1.29 is 27.2 Å². The van der Waals surface area contributed by atoms with Crippen LogP contribution in [0.4, 0.5) is 24.5 Å². The van der Waals surface area contributed by atoms with Crippen LogP contribution in [-0.4, -0.2) is 49.1 Å². The monoisotopic (exact) mass is 545 g/mol. The van der Waals surface area contributed by atoms with Gasteiger partial charge in [-0.1, -0.05) is 34.8 Å². The Balaban J connectivity index is 1.40. The van der Waals surface area contributed by atoms with Crippen LogP contribution in [0.3, 0.4) is 0 Å². The van der Waals surface area contributed by atoms with Crippen molar-refractivity contribution in [1.82, 2.24) is 4.90 Å². The van der Waals surface area contributed by atoms with Crippen LogP contribution in [-0.2, 0) is 4.79 Å². The molecule has 2 aromatic carbocycles. The molecule has 1 aliphatic heterocycles. The predicted octanol–water partition coefficient (Wildman–Crippen LogP) is 6.37. The third kappa shape index (κ3) is 5.69. The summed E-state index contributed by atoms with van der Waals surface area (Å²) in [6.07, 6.45) is -4.89. The molecule has 184 valence electrons. The molecule has 0 spiro atoms. The van der Waals surface area contributed by atoms with Gasteiger partial charge in [-0.15, -0.1) is 0 Å². The Labute approximate surface area is 213 Å². The highest BCUT2D eigenvalue weighted by Crippen LogP contribution is 2.33. The second-order valence-electron chi connectivity index (χ2n) is 7.69. The van der Waals surface area contributed by atoms with Gasteiger partial charge >= 0.3 is 12.1 Å². The summed E-state index contributed by atoms with van der Waals surface area (Å²) in [6, 6.07) is 12.8. The molecule has 0 bridgehead atoms. The fraction of sp³-hybridized carbons (Fsp3) is 0.217. The minimum atomic E-state index is -4.89. The van der Waals surface area contributed by atoms with E-state index >= 15 is 0 Å². The van der Waals surface area contributed by atoms with Crippen molar-refractivity contribution in [2.24, 2.45) is 0 Å². The number of rotatable bonds is 4. The van der Waals surface area contributed by atoms with Gasteiger partial charge in [0.05, 0.1) is 15.7 Å². The molecule has 0 unspecified atom stereocenters. The molecule has 2 heterocycles. The van der Waals surface area contributed by atoms with Crippen LogP contribution in [0, 0.1) is 0 Å². The van der Waals surface area contributed by atoms with Crippen molar-refractivity contribution in [3.8, 4) is 11.3 Å². The van der Waals surface area contributed by atoms with Crippen LogP contribution < -0.4 is 10.2 Å². The van der Waals surface area contributed by atoms with Gasteiger partial charge in [0.25, 0.3) is 5.91 Å². The van der Waals surface area contributed by atoms with Crippen LogP contribution in [0.1, 0.15) is 10.6 Å². The van der Waals surface area contributed by atoms with Gasteiger partial charge in [-0.3, -0.25) is 9.59 Å². The molecule has 12 heteroatoms. The van der Waals surface area contributed by atoms with Crippen LogP contribution in [0.25, 0.3) is 11.3 Å². The third-order valence-electron chi connectivity index (χ3n) is 5.38. The molecule has 0 atom stereocenters. The lowest BCUT2D eigenvalue weighted by atomic mass is 10.2. The Kier molecular flexibility index (Phi) is 7.21. The Morgan fingerprint density at radius 1 is 0.886 bits per heavy atom. The molecule has 1 fully saturated rings. The van der Waals surface area contributed by atoms with Crippen molar-refractivity contribution in [2.75, 3.05) is 36.4 Å². The second-order valence-corrected chi connectivity index (χ2v) is 8.94. The first-order valence-corrected chi connectivity index (χ1v) is 11.4. The zero-order valence-electron chi connectivity index (χ0n) is 17.8. The largest absolute Gasteiger partial charge is 0.471 e. The summed E-state index contributed by atoms with van der Waals surface area (Å²) in [7, 11) is 0. The summed E-state index contributed by atoms with van der Waals surface area (Å²) >= 11 is 18.5. The third-order valence-corrected chi connectivity index (χ3v) is 6.23. The van der Waals surface area contributed by atoms with Crippen molar-refractivity contribution in [3.05, 3.63) is 69.4 Å². The number of benzene rings is 2. The van der Waals surface area contributed by atoms with E-state index in [4.69, 9.17) is 39.2 Å². The van der Waals surface area contributed by atoms with Gasteiger partial charge in [-0.05, 0) is 48.5 Å². The van der Waals surface area contributed by atoms with Gasteiger partial charge in [0.15, 0.2) is 5.76 Å². The molecular weight excluding hydrogens is 530 g/mol. The minimum Gasteiger partial charge on any atom is -0.451 e. The first kappa shape index (κ1) is 25.2. The van der Waals surface area contributed by atoms with Crippen LogP contribution in [0.15, 0.2) is 52.9 Å². The highest BCUT2D eigenvalue weighted by Gasteiger charge is 2.43. The lowest BCUT2D eigenvalue weighted by Gasteiger charge is -2.36. The lowest BCUT2D eigenvalue weighted by molar-refractivity contribution is -0.185. The average molecular weight is 547 g/mol. The Hall–Kier alpha value is -2.88. The number of hydrogen-bond acceptors (Lipinski definition) is 4. The zero-order valence-corrected chi connectivity index (χ0v) is 20.1. The van der Waals surface area contributed by atoms with Gasteiger partial charge in [-0.25, -0.2) is 0 Å². The zero-order chi connectivity index (χ0) is 25.3. The minimum absolute atomic E-state index is 0.0525. The molecule has 0 saturated carbocycles. The van der Waals surface area contributed by atoms with Crippen LogP contribution in [0.5, 0.6) is 0 Å². The number of carbonyl (C=O) groups excluding carboxylic acids is 2. The predicted molar refractivity (Wildman–Crippen MR) is 128 cm³/mol. The van der Waals surface area contributed by atoms with E-state index in [9.17, 15) is 22.8 Å². The number of halogens is 6. The number of hydrogen-bond donors (Lipinski definition) is 1. The SMILES string of the molecule is O=C(Nc1ccc(N2CCN(C(=O)C(F)(F)F)CC2)c(Cl)c1)c1ccc(-c2ccc(Cl)cc2Cl)o1. The van der Waals surface area contributed by atoms with E-state index in [1.807, 2.05) is 0 Å². The topological polar surface area (TPSA) is 65.8 Å². The van der Waals surface area contributed by atoms with Gasteiger partial charge in [-0.2, -0.15) is 13.2 Å². The fourth-order valence-corrected chi connectivity index (χ4v) is 4.46. The number of carbonyl (C=O) groups is 2. The quantitative estimate of drug-likeness (QED) is 0.413. The molecule has 1 N–H and O–H groups in total. The van der Waals surface area contributed by atoms with Gasteiger partial charge < -0.3 is 19.5 Å². The Bertz CT molecular complexity index is 1270. The van der Waals surface area contributed by atoms with Gasteiger partial charge in [0.1, 0.15) is 5.76 Å². The van der Waals surface area contributed by atoms with Crippen molar-refractivity contribution >= 4 is 58.0 Å². The standard InChI is InChI=1S/C23H17Cl3F3N3O3/c24-13-1-3-15(16(25)11-13)19-5-6-20(35-19)21(33)30-14-2-4-18(17(26)12-14)31-7-9-32(10-8-31)22(34)23(27,28)29/h1-6,11-12H,7-10H2,(H,30,33). The average Bonchev–Trinajstić information content (AvgIpc) is 3.28. The van der Waals surface area contributed by atoms with E-state index in [2.05, 4.69) is 5.32 Å². The normalized spacial score (nSPS) is 14.2. The number of nitrogens with zero attached hydrogens (tertiary/aromatic N) is 2. The number of alkyl halides is 3. The number of nitrogens with one attached hydrogen (secondary N) is 1. The Morgan fingerprint density at radius 3 is 2.23 bits per heavy atom. The molecule has 2 amide bonds. The molecular formula is C23H17Cl3F3N3O3. The highest BCUT2D eigenvalue weighted by molar-refractivity contribution is 6.36. The molecule has 6 nitrogen and oxygen atoms in total. The van der Waals surface area contributed by atoms with E-state index in [1.54, 1.807) is 41.3 Å².